The Morgan fingerprint density at radius 1 is 1.46 bits per heavy atom. The third-order valence-corrected chi connectivity index (χ3v) is 2.57. The molecule has 0 aromatic carbocycles. The third kappa shape index (κ3) is 1.54. The minimum absolute atomic E-state index is 0.460. The number of thioether (sulfide) groups is 1. The monoisotopic (exact) mass is 197 g/mol. The van der Waals surface area contributed by atoms with Gasteiger partial charge in [0, 0.05) is 12.1 Å². The molecule has 4 nitrogen and oxygen atoms in total. The Morgan fingerprint density at radius 2 is 2.31 bits per heavy atom. The maximum Gasteiger partial charge on any atom is 0.187 e. The maximum absolute atomic E-state index is 5.59. The average molecular weight is 197 g/mol. The van der Waals surface area contributed by atoms with Crippen LogP contribution in [0.2, 0.25) is 0 Å². The fraction of sp³-hybridized carbons (Fsp3) is 0.500. The van der Waals surface area contributed by atoms with Crippen LogP contribution >= 0.6 is 11.8 Å². The minimum Gasteiger partial charge on any atom is -0.370 e. The molecule has 5 heteroatoms. The van der Waals surface area contributed by atoms with Crippen LogP contribution < -0.4 is 5.73 Å². The Kier molecular flexibility index (Phi) is 2.48. The van der Waals surface area contributed by atoms with Gasteiger partial charge < -0.3 is 10.5 Å². The summed E-state index contributed by atoms with van der Waals surface area (Å²) in [7, 11) is 0. The van der Waals surface area contributed by atoms with Gasteiger partial charge in [-0.3, -0.25) is 0 Å². The van der Waals surface area contributed by atoms with Crippen molar-refractivity contribution in [3.8, 4) is 0 Å². The van der Waals surface area contributed by atoms with Crippen LogP contribution in [0.1, 0.15) is 17.0 Å². The Labute approximate surface area is 80.9 Å². The van der Waals surface area contributed by atoms with E-state index < -0.39 is 0 Å². The number of rotatable bonds is 2. The Balaban J connectivity index is 2.49. The lowest BCUT2D eigenvalue weighted by Gasteiger charge is -2.04. The van der Waals surface area contributed by atoms with Crippen LogP contribution in [0.5, 0.6) is 0 Å². The molecule has 13 heavy (non-hydrogen) atoms. The molecule has 2 heterocycles. The predicted molar refractivity (Wildman–Crippen MR) is 50.2 cm³/mol. The lowest BCUT2D eigenvalue weighted by molar-refractivity contribution is 0.132. The molecule has 0 aliphatic carbocycles. The molecule has 0 saturated carbocycles. The quantitative estimate of drug-likeness (QED) is 0.558. The van der Waals surface area contributed by atoms with Gasteiger partial charge in [-0.15, -0.1) is 0 Å². The summed E-state index contributed by atoms with van der Waals surface area (Å²) < 4.78 is 5.29. The van der Waals surface area contributed by atoms with Crippen molar-refractivity contribution in [3.63, 3.8) is 0 Å². The first kappa shape index (κ1) is 8.93. The second-order valence-corrected chi connectivity index (χ2v) is 3.55. The highest BCUT2D eigenvalue weighted by Gasteiger charge is 2.18. The van der Waals surface area contributed by atoms with Crippen LogP contribution in [-0.2, 0) is 24.5 Å². The molecular formula is C8H11N3OS. The molecule has 0 atom stereocenters. The van der Waals surface area contributed by atoms with Crippen molar-refractivity contribution in [2.45, 2.75) is 24.9 Å². The molecule has 0 unspecified atom stereocenters. The van der Waals surface area contributed by atoms with Crippen LogP contribution in [0, 0.1) is 0 Å². The molecule has 0 spiro atoms. The molecule has 0 radical (unpaired) electrons. The van der Waals surface area contributed by atoms with E-state index in [2.05, 4.69) is 9.97 Å². The average Bonchev–Trinajstić information content (AvgIpc) is 2.63. The summed E-state index contributed by atoms with van der Waals surface area (Å²) in [6, 6.07) is 0. The fourth-order valence-electron chi connectivity index (χ4n) is 1.35. The summed E-state index contributed by atoms with van der Waals surface area (Å²) in [5.41, 5.74) is 8.60. The molecule has 0 amide bonds. The number of hydrogen-bond acceptors (Lipinski definition) is 5. The number of nitrogens with two attached hydrogens (primary N) is 1. The van der Waals surface area contributed by atoms with E-state index in [0.29, 0.717) is 19.8 Å². The summed E-state index contributed by atoms with van der Waals surface area (Å²) >= 11 is 1.53. The van der Waals surface area contributed by atoms with E-state index in [9.17, 15) is 0 Å². The molecule has 1 aromatic heterocycles. The van der Waals surface area contributed by atoms with Crippen molar-refractivity contribution in [2.24, 2.45) is 5.73 Å². The summed E-state index contributed by atoms with van der Waals surface area (Å²) in [5.74, 6) is 0. The van der Waals surface area contributed by atoms with Crippen LogP contribution in [0.3, 0.4) is 0 Å². The van der Waals surface area contributed by atoms with Crippen LogP contribution in [-0.4, -0.2) is 16.2 Å². The molecule has 1 aliphatic rings. The Morgan fingerprint density at radius 3 is 3.00 bits per heavy atom. The number of ether oxygens (including phenoxy) is 1. The first-order valence-corrected chi connectivity index (χ1v) is 5.28. The van der Waals surface area contributed by atoms with Crippen LogP contribution in [0.25, 0.3) is 0 Å². The van der Waals surface area contributed by atoms with E-state index in [4.69, 9.17) is 10.5 Å². The minimum atomic E-state index is 0.460. The molecule has 0 bridgehead atoms. The summed E-state index contributed by atoms with van der Waals surface area (Å²) in [4.78, 5) is 8.68. The summed E-state index contributed by atoms with van der Waals surface area (Å²) in [6.45, 7) is 1.66. The number of hydrogen-bond donors (Lipinski definition) is 1. The second-order valence-electron chi connectivity index (χ2n) is 2.78. The first-order valence-electron chi connectivity index (χ1n) is 4.05. The molecule has 0 saturated heterocycles. The normalized spacial score (nSPS) is 14.6. The zero-order chi connectivity index (χ0) is 9.26. The number of fused-ring (bicyclic) bond motifs is 1. The van der Waals surface area contributed by atoms with E-state index in [1.807, 2.05) is 6.26 Å². The van der Waals surface area contributed by atoms with Gasteiger partial charge in [0.1, 0.15) is 0 Å². The fourth-order valence-corrected chi connectivity index (χ4v) is 1.76. The Hall–Kier alpha value is -0.650. The highest BCUT2D eigenvalue weighted by atomic mass is 32.2. The van der Waals surface area contributed by atoms with E-state index in [-0.39, 0.29) is 0 Å². The van der Waals surface area contributed by atoms with Crippen molar-refractivity contribution >= 4 is 11.8 Å². The molecule has 2 N–H and O–H groups in total. The van der Waals surface area contributed by atoms with Crippen LogP contribution in [0.4, 0.5) is 0 Å². The van der Waals surface area contributed by atoms with Crippen molar-refractivity contribution in [3.05, 3.63) is 17.0 Å². The highest BCUT2D eigenvalue weighted by Crippen LogP contribution is 2.22. The van der Waals surface area contributed by atoms with Gasteiger partial charge in [0.25, 0.3) is 0 Å². The largest absolute Gasteiger partial charge is 0.370 e. The SMILES string of the molecule is CSc1nc(CN)c2c(n1)COC2. The van der Waals surface area contributed by atoms with Gasteiger partial charge in [-0.1, -0.05) is 11.8 Å². The van der Waals surface area contributed by atoms with Gasteiger partial charge in [-0.2, -0.15) is 0 Å². The molecular weight excluding hydrogens is 186 g/mol. The number of nitrogens with zero attached hydrogens (tertiary/aromatic N) is 2. The van der Waals surface area contributed by atoms with E-state index in [1.165, 1.54) is 11.8 Å². The topological polar surface area (TPSA) is 61.0 Å². The van der Waals surface area contributed by atoms with Crippen molar-refractivity contribution < 1.29 is 4.74 Å². The van der Waals surface area contributed by atoms with Gasteiger partial charge in [-0.25, -0.2) is 9.97 Å². The van der Waals surface area contributed by atoms with Crippen LogP contribution in [0.15, 0.2) is 5.16 Å². The standard InChI is InChI=1S/C8H11N3OS/c1-13-8-10-6(2-9)5-3-12-4-7(5)11-8/h2-4,9H2,1H3. The molecule has 0 fully saturated rings. The van der Waals surface area contributed by atoms with Crippen molar-refractivity contribution in [1.29, 1.82) is 0 Å². The molecule has 1 aromatic rings. The number of aromatic nitrogens is 2. The van der Waals surface area contributed by atoms with Gasteiger partial charge in [0.2, 0.25) is 0 Å². The molecule has 1 aliphatic heterocycles. The zero-order valence-electron chi connectivity index (χ0n) is 7.41. The maximum atomic E-state index is 5.59. The predicted octanol–water partition coefficient (Wildman–Crippen LogP) is 0.687. The molecule has 2 rings (SSSR count). The van der Waals surface area contributed by atoms with E-state index >= 15 is 0 Å². The Bertz CT molecular complexity index is 329. The van der Waals surface area contributed by atoms with Gasteiger partial charge in [-0.05, 0) is 6.26 Å². The smallest absolute Gasteiger partial charge is 0.187 e. The summed E-state index contributed by atoms with van der Waals surface area (Å²) in [5, 5.41) is 0.782. The highest BCUT2D eigenvalue weighted by molar-refractivity contribution is 7.98. The lowest BCUT2D eigenvalue weighted by Crippen LogP contribution is -2.07. The summed E-state index contributed by atoms with van der Waals surface area (Å²) in [6.07, 6.45) is 1.96. The third-order valence-electron chi connectivity index (χ3n) is 2.02. The van der Waals surface area contributed by atoms with Gasteiger partial charge in [0.15, 0.2) is 5.16 Å². The lowest BCUT2D eigenvalue weighted by atomic mass is 10.2. The zero-order valence-corrected chi connectivity index (χ0v) is 8.23. The van der Waals surface area contributed by atoms with Gasteiger partial charge >= 0.3 is 0 Å². The molecule has 70 valence electrons. The van der Waals surface area contributed by atoms with Gasteiger partial charge in [0.05, 0.1) is 24.6 Å². The second kappa shape index (κ2) is 3.61. The van der Waals surface area contributed by atoms with Crippen molar-refractivity contribution in [2.75, 3.05) is 6.26 Å². The first-order chi connectivity index (χ1) is 6.35. The van der Waals surface area contributed by atoms with Crippen molar-refractivity contribution in [1.82, 2.24) is 9.97 Å². The van der Waals surface area contributed by atoms with E-state index in [1.54, 1.807) is 0 Å². The van der Waals surface area contributed by atoms with E-state index in [0.717, 1.165) is 22.1 Å².